The number of aromatic nitrogens is 2. The van der Waals surface area contributed by atoms with Gasteiger partial charge in [0, 0.05) is 0 Å². The van der Waals surface area contributed by atoms with E-state index < -0.39 is 12.3 Å². The van der Waals surface area contributed by atoms with Gasteiger partial charge in [-0.25, -0.2) is 9.13 Å². The van der Waals surface area contributed by atoms with E-state index in [1.54, 1.807) is 0 Å². The first-order valence-corrected chi connectivity index (χ1v) is 14.2. The number of unbranched alkanes of at least 4 members (excludes halogenated alkanes) is 3. The fourth-order valence-corrected chi connectivity index (χ4v) is 1.36. The summed E-state index contributed by atoms with van der Waals surface area (Å²) in [5.41, 5.74) is 0. The van der Waals surface area contributed by atoms with Crippen molar-refractivity contribution in [1.82, 2.24) is 4.57 Å². The Balaban J connectivity index is 0.000000437. The fourth-order valence-electron chi connectivity index (χ4n) is 1.36. The van der Waals surface area contributed by atoms with Gasteiger partial charge in [-0.3, -0.25) is 0 Å². The monoisotopic (exact) mass is 355 g/mol. The molecule has 0 N–H and O–H groups in total. The van der Waals surface area contributed by atoms with Crippen molar-refractivity contribution < 1.29 is 16.9 Å². The molecule has 1 aromatic rings. The van der Waals surface area contributed by atoms with E-state index in [9.17, 15) is 0 Å². The zero-order chi connectivity index (χ0) is 13.3. The maximum atomic E-state index is 5.01. The van der Waals surface area contributed by atoms with Crippen LogP contribution < -0.4 is 4.57 Å². The van der Waals surface area contributed by atoms with E-state index in [1.807, 2.05) is 0 Å². The van der Waals surface area contributed by atoms with Crippen molar-refractivity contribution in [3.8, 4) is 0 Å². The molecule has 7 heteroatoms. The van der Waals surface area contributed by atoms with Crippen LogP contribution in [0.5, 0.6) is 0 Å². The van der Waals surface area contributed by atoms with Gasteiger partial charge in [-0.05, 0) is 12.8 Å². The number of halogens is 4. The Kier molecular flexibility index (Phi) is 10.6. The number of imidazole rings is 1. The summed E-state index contributed by atoms with van der Waals surface area (Å²) in [4.78, 5) is 0. The summed E-state index contributed by atoms with van der Waals surface area (Å²) in [5.74, 6) is 0. The molecule has 0 aliphatic heterocycles. The zero-order valence-corrected chi connectivity index (χ0v) is 14.8. The molecule has 0 amide bonds. The third kappa shape index (κ3) is 15.0. The van der Waals surface area contributed by atoms with Crippen LogP contribution in [0.25, 0.3) is 0 Å². The summed E-state index contributed by atoms with van der Waals surface area (Å²) in [6, 6.07) is 0. The molecule has 0 bridgehead atoms. The van der Waals surface area contributed by atoms with Crippen LogP contribution in [0.1, 0.15) is 32.6 Å². The Morgan fingerprint density at radius 1 is 1.12 bits per heavy atom. The van der Waals surface area contributed by atoms with Crippen LogP contribution in [0.15, 0.2) is 18.7 Å². The molecule has 0 aliphatic rings. The van der Waals surface area contributed by atoms with Gasteiger partial charge in [-0.1, -0.05) is 19.8 Å². The maximum absolute atomic E-state index is 5.01. The molecule has 0 aliphatic carbocycles. The summed E-state index contributed by atoms with van der Waals surface area (Å²) < 4.78 is 4.33. The summed E-state index contributed by atoms with van der Waals surface area (Å²) in [5, 5.41) is 0. The SMILES string of the molecule is CCCCCCn1cc[n+](C)c1.[Cl][Ti]([Cl])([Cl])[Cl]. The first-order valence-electron chi connectivity index (χ1n) is 5.59. The van der Waals surface area contributed by atoms with Crippen LogP contribution in [-0.2, 0) is 25.9 Å². The Hall–Kier alpha value is 1.08. The number of aryl methyl sites for hydroxylation is 2. The Labute approximate surface area is 123 Å². The average molecular weight is 357 g/mol. The fraction of sp³-hybridized carbons (Fsp3) is 0.700. The summed E-state index contributed by atoms with van der Waals surface area (Å²) in [7, 11) is 22.1. The quantitative estimate of drug-likeness (QED) is 0.412. The molecular formula is C10H19Cl4N2Ti+. The zero-order valence-electron chi connectivity index (χ0n) is 10.2. The standard InChI is InChI=1S/C10H19N2.4ClH.Ti/c1-3-4-5-6-7-12-9-8-11(2)10-12;;;;;/h8-10H,3-7H2,1-2H3;4*1H;/q+1;;;;;+4/p-4. The molecule has 0 atom stereocenters. The summed E-state index contributed by atoms with van der Waals surface area (Å²) in [6.07, 6.45) is 11.7. The Morgan fingerprint density at radius 3 is 2.12 bits per heavy atom. The van der Waals surface area contributed by atoms with Crippen LogP contribution in [0, 0.1) is 0 Å². The molecule has 0 radical (unpaired) electrons. The van der Waals surface area contributed by atoms with E-state index in [-0.39, 0.29) is 0 Å². The van der Waals surface area contributed by atoms with Crippen molar-refractivity contribution in [2.45, 2.75) is 39.2 Å². The van der Waals surface area contributed by atoms with E-state index in [4.69, 9.17) is 37.2 Å². The van der Waals surface area contributed by atoms with Gasteiger partial charge in [-0.15, -0.1) is 0 Å². The van der Waals surface area contributed by atoms with Crippen molar-refractivity contribution in [2.75, 3.05) is 0 Å². The second-order valence-electron chi connectivity index (χ2n) is 3.81. The van der Waals surface area contributed by atoms with E-state index in [0.29, 0.717) is 0 Å². The first kappa shape index (κ1) is 18.1. The van der Waals surface area contributed by atoms with E-state index in [0.717, 1.165) is 0 Å². The molecule has 1 heterocycles. The number of nitrogens with zero attached hydrogens (tertiary/aromatic N) is 2. The van der Waals surface area contributed by atoms with E-state index >= 15 is 0 Å². The molecule has 0 saturated carbocycles. The van der Waals surface area contributed by atoms with Crippen LogP contribution in [0.3, 0.4) is 0 Å². The molecule has 0 aromatic carbocycles. The van der Waals surface area contributed by atoms with Crippen molar-refractivity contribution in [3.05, 3.63) is 18.7 Å². The van der Waals surface area contributed by atoms with Gasteiger partial charge in [0.05, 0.1) is 13.6 Å². The molecule has 0 saturated heterocycles. The molecule has 2 nitrogen and oxygen atoms in total. The van der Waals surface area contributed by atoms with Gasteiger partial charge in [-0.2, -0.15) is 0 Å². The predicted octanol–water partition coefficient (Wildman–Crippen LogP) is 4.65. The van der Waals surface area contributed by atoms with Crippen molar-refractivity contribution in [2.24, 2.45) is 7.05 Å². The molecule has 1 rings (SSSR count). The van der Waals surface area contributed by atoms with Crippen LogP contribution in [0.2, 0.25) is 0 Å². The second-order valence-corrected chi connectivity index (χ2v) is 19.3. The van der Waals surface area contributed by atoms with Gasteiger partial charge in [0.1, 0.15) is 12.4 Å². The molecule has 0 fully saturated rings. The summed E-state index contributed by atoms with van der Waals surface area (Å²) >= 11 is -3.11. The van der Waals surface area contributed by atoms with E-state index in [1.165, 1.54) is 32.2 Å². The van der Waals surface area contributed by atoms with Gasteiger partial charge in [0.25, 0.3) is 0 Å². The van der Waals surface area contributed by atoms with Crippen LogP contribution in [-0.4, -0.2) is 4.57 Å². The van der Waals surface area contributed by atoms with Gasteiger partial charge < -0.3 is 0 Å². The van der Waals surface area contributed by atoms with Gasteiger partial charge in [0.15, 0.2) is 0 Å². The van der Waals surface area contributed by atoms with Crippen molar-refractivity contribution >= 4 is 37.2 Å². The van der Waals surface area contributed by atoms with Crippen molar-refractivity contribution in [1.29, 1.82) is 0 Å². The Bertz CT molecular complexity index is 293. The minimum atomic E-state index is -3.11. The molecule has 0 unspecified atom stereocenters. The number of hydrogen-bond donors (Lipinski definition) is 0. The normalized spacial score (nSPS) is 10.9. The first-order chi connectivity index (χ1) is 7.83. The molecule has 17 heavy (non-hydrogen) atoms. The van der Waals surface area contributed by atoms with Crippen LogP contribution in [0.4, 0.5) is 0 Å². The van der Waals surface area contributed by atoms with Crippen LogP contribution >= 0.6 is 37.2 Å². The summed E-state index contributed by atoms with van der Waals surface area (Å²) in [6.45, 7) is 3.41. The second kappa shape index (κ2) is 9.94. The molecule has 1 aromatic heterocycles. The molecular weight excluding hydrogens is 338 g/mol. The minimum absolute atomic E-state index is 1.17. The predicted molar refractivity (Wildman–Crippen MR) is 73.2 cm³/mol. The molecule has 100 valence electrons. The molecule has 0 spiro atoms. The Morgan fingerprint density at radius 2 is 1.71 bits per heavy atom. The third-order valence-electron chi connectivity index (χ3n) is 2.09. The van der Waals surface area contributed by atoms with Gasteiger partial charge in [0.2, 0.25) is 6.33 Å². The number of rotatable bonds is 5. The van der Waals surface area contributed by atoms with Gasteiger partial charge >= 0.3 is 49.6 Å². The van der Waals surface area contributed by atoms with Crippen molar-refractivity contribution in [3.63, 3.8) is 0 Å². The average Bonchev–Trinajstić information content (AvgIpc) is 2.56. The third-order valence-corrected chi connectivity index (χ3v) is 2.09. The topological polar surface area (TPSA) is 8.81 Å². The number of hydrogen-bond acceptors (Lipinski definition) is 0. The van der Waals surface area contributed by atoms with E-state index in [2.05, 4.69) is 41.8 Å².